The zero-order chi connectivity index (χ0) is 23.3. The summed E-state index contributed by atoms with van der Waals surface area (Å²) in [5, 5.41) is 12.2. The van der Waals surface area contributed by atoms with Crippen molar-refractivity contribution < 1.29 is 14.6 Å². The molecule has 0 bridgehead atoms. The summed E-state index contributed by atoms with van der Waals surface area (Å²) in [4.78, 5) is 41.1. The molecule has 2 aromatic carbocycles. The molecule has 9 heteroatoms. The van der Waals surface area contributed by atoms with Gasteiger partial charge in [-0.25, -0.2) is 14.2 Å². The minimum Gasteiger partial charge on any atom is -0.494 e. The van der Waals surface area contributed by atoms with E-state index in [-0.39, 0.29) is 19.0 Å². The molecule has 3 rings (SSSR count). The van der Waals surface area contributed by atoms with Crippen LogP contribution >= 0.6 is 0 Å². The van der Waals surface area contributed by atoms with Crippen LogP contribution < -0.4 is 21.4 Å². The van der Waals surface area contributed by atoms with E-state index in [9.17, 15) is 19.5 Å². The van der Waals surface area contributed by atoms with E-state index in [1.165, 1.54) is 11.5 Å². The van der Waals surface area contributed by atoms with E-state index in [4.69, 9.17) is 4.74 Å². The molecule has 0 saturated heterocycles. The fraction of sp³-hybridized carbons (Fsp3) is 0.304. The molecule has 0 saturated carbocycles. The summed E-state index contributed by atoms with van der Waals surface area (Å²) in [6, 6.07) is 14.7. The van der Waals surface area contributed by atoms with Crippen molar-refractivity contribution in [3.63, 3.8) is 0 Å². The van der Waals surface area contributed by atoms with Crippen molar-refractivity contribution in [2.75, 3.05) is 11.9 Å². The summed E-state index contributed by atoms with van der Waals surface area (Å²) in [5.74, 6) is -1.25. The first-order valence-electron chi connectivity index (χ1n) is 10.3. The second-order valence-electron chi connectivity index (χ2n) is 7.50. The quantitative estimate of drug-likeness (QED) is 0.528. The van der Waals surface area contributed by atoms with Crippen LogP contribution in [0, 0.1) is 12.8 Å². The Morgan fingerprint density at radius 2 is 1.75 bits per heavy atom. The minimum atomic E-state index is -1.10. The SMILES string of the molecule is CCOc1ccc(Nc2nc(=O)n(C[C@H](C)C(=O)O)c(=O)n2Cc2ccc(C)cc2)cc1. The first kappa shape index (κ1) is 22.8. The Balaban J connectivity index is 2.03. The molecule has 1 atom stereocenters. The van der Waals surface area contributed by atoms with Gasteiger partial charge in [-0.2, -0.15) is 4.98 Å². The number of carboxylic acids is 1. The average molecular weight is 438 g/mol. The molecule has 0 fully saturated rings. The lowest BCUT2D eigenvalue weighted by Gasteiger charge is -2.17. The van der Waals surface area contributed by atoms with E-state index in [0.29, 0.717) is 18.0 Å². The average Bonchev–Trinajstić information content (AvgIpc) is 2.76. The molecule has 0 aliphatic rings. The van der Waals surface area contributed by atoms with Gasteiger partial charge in [0.2, 0.25) is 5.95 Å². The molecule has 32 heavy (non-hydrogen) atoms. The van der Waals surface area contributed by atoms with Crippen LogP contribution in [0.4, 0.5) is 11.6 Å². The third-order valence-electron chi connectivity index (χ3n) is 4.91. The van der Waals surface area contributed by atoms with Crippen molar-refractivity contribution in [1.82, 2.24) is 14.1 Å². The number of hydrogen-bond acceptors (Lipinski definition) is 6. The minimum absolute atomic E-state index is 0.0731. The molecule has 0 unspecified atom stereocenters. The van der Waals surface area contributed by atoms with Crippen molar-refractivity contribution in [1.29, 1.82) is 0 Å². The van der Waals surface area contributed by atoms with E-state index in [1.54, 1.807) is 24.3 Å². The van der Waals surface area contributed by atoms with Gasteiger partial charge in [-0.1, -0.05) is 36.8 Å². The van der Waals surface area contributed by atoms with Crippen LogP contribution in [0.25, 0.3) is 0 Å². The second-order valence-corrected chi connectivity index (χ2v) is 7.50. The lowest BCUT2D eigenvalue weighted by Crippen LogP contribution is -2.44. The molecule has 0 radical (unpaired) electrons. The third kappa shape index (κ3) is 5.42. The lowest BCUT2D eigenvalue weighted by atomic mass is 10.1. The maximum atomic E-state index is 13.2. The van der Waals surface area contributed by atoms with E-state index >= 15 is 0 Å². The summed E-state index contributed by atoms with van der Waals surface area (Å²) in [5.41, 5.74) is 1.09. The van der Waals surface area contributed by atoms with Crippen molar-refractivity contribution in [3.8, 4) is 5.75 Å². The first-order valence-corrected chi connectivity index (χ1v) is 10.3. The van der Waals surface area contributed by atoms with Gasteiger partial charge in [0.15, 0.2) is 0 Å². The zero-order valence-corrected chi connectivity index (χ0v) is 18.2. The zero-order valence-electron chi connectivity index (χ0n) is 18.2. The van der Waals surface area contributed by atoms with Gasteiger partial charge in [-0.05, 0) is 43.7 Å². The summed E-state index contributed by atoms with van der Waals surface area (Å²) < 4.78 is 7.62. The highest BCUT2D eigenvalue weighted by Crippen LogP contribution is 2.19. The molecule has 0 aliphatic heterocycles. The van der Waals surface area contributed by atoms with Crippen LogP contribution in [-0.4, -0.2) is 31.8 Å². The number of aryl methyl sites for hydroxylation is 1. The second kappa shape index (κ2) is 9.95. The number of nitrogens with one attached hydrogen (secondary N) is 1. The van der Waals surface area contributed by atoms with Crippen LogP contribution in [0.1, 0.15) is 25.0 Å². The van der Waals surface area contributed by atoms with E-state index in [2.05, 4.69) is 10.3 Å². The number of carbonyl (C=O) groups is 1. The number of hydrogen-bond donors (Lipinski definition) is 2. The van der Waals surface area contributed by atoms with Gasteiger partial charge < -0.3 is 15.2 Å². The molecule has 9 nitrogen and oxygen atoms in total. The maximum Gasteiger partial charge on any atom is 0.354 e. The van der Waals surface area contributed by atoms with Crippen LogP contribution in [-0.2, 0) is 17.9 Å². The van der Waals surface area contributed by atoms with Crippen LogP contribution in [0.2, 0.25) is 0 Å². The monoisotopic (exact) mass is 438 g/mol. The van der Waals surface area contributed by atoms with Crippen LogP contribution in [0.3, 0.4) is 0 Å². The fourth-order valence-corrected chi connectivity index (χ4v) is 3.08. The smallest absolute Gasteiger partial charge is 0.354 e. The van der Waals surface area contributed by atoms with Gasteiger partial charge in [0.1, 0.15) is 5.75 Å². The van der Waals surface area contributed by atoms with Crippen LogP contribution in [0.5, 0.6) is 5.75 Å². The lowest BCUT2D eigenvalue weighted by molar-refractivity contribution is -0.141. The third-order valence-corrected chi connectivity index (χ3v) is 4.91. The molecule has 1 heterocycles. The van der Waals surface area contributed by atoms with Gasteiger partial charge in [0, 0.05) is 12.2 Å². The normalized spacial score (nSPS) is 11.7. The number of benzene rings is 2. The number of ether oxygens (including phenoxy) is 1. The molecule has 2 N–H and O–H groups in total. The molecule has 1 aromatic heterocycles. The maximum absolute atomic E-state index is 13.2. The van der Waals surface area contributed by atoms with Gasteiger partial charge >= 0.3 is 17.3 Å². The highest BCUT2D eigenvalue weighted by Gasteiger charge is 2.19. The molecule has 3 aromatic rings. The molecule has 0 amide bonds. The van der Waals surface area contributed by atoms with E-state index in [0.717, 1.165) is 15.7 Å². The Bertz CT molecular complexity index is 1200. The van der Waals surface area contributed by atoms with Gasteiger partial charge in [0.25, 0.3) is 0 Å². The summed E-state index contributed by atoms with van der Waals surface area (Å²) in [6.07, 6.45) is 0. The fourth-order valence-electron chi connectivity index (χ4n) is 3.08. The van der Waals surface area contributed by atoms with Crippen molar-refractivity contribution in [3.05, 3.63) is 80.6 Å². The Hall–Kier alpha value is -3.88. The van der Waals surface area contributed by atoms with Crippen LogP contribution in [0.15, 0.2) is 58.1 Å². The van der Waals surface area contributed by atoms with Crippen molar-refractivity contribution in [2.45, 2.75) is 33.9 Å². The highest BCUT2D eigenvalue weighted by atomic mass is 16.5. The van der Waals surface area contributed by atoms with E-state index < -0.39 is 23.3 Å². The molecular weight excluding hydrogens is 412 g/mol. The summed E-state index contributed by atoms with van der Waals surface area (Å²) in [6.45, 7) is 5.72. The molecule has 0 aliphatic carbocycles. The Morgan fingerprint density at radius 3 is 2.34 bits per heavy atom. The molecule has 168 valence electrons. The van der Waals surface area contributed by atoms with Crippen molar-refractivity contribution in [2.24, 2.45) is 5.92 Å². The Kier molecular flexibility index (Phi) is 7.09. The topological polar surface area (TPSA) is 115 Å². The number of aromatic nitrogens is 3. The highest BCUT2D eigenvalue weighted by molar-refractivity contribution is 5.69. The summed E-state index contributed by atoms with van der Waals surface area (Å²) >= 11 is 0. The Labute approximate surface area is 184 Å². The predicted octanol–water partition coefficient (Wildman–Crippen LogP) is 2.62. The largest absolute Gasteiger partial charge is 0.494 e. The van der Waals surface area contributed by atoms with Gasteiger partial charge in [-0.3, -0.25) is 9.36 Å². The number of anilines is 2. The number of aliphatic carboxylic acids is 1. The molecular formula is C23H26N4O5. The Morgan fingerprint density at radius 1 is 1.09 bits per heavy atom. The number of rotatable bonds is 9. The number of carboxylic acid groups (broad SMARTS) is 1. The molecule has 0 spiro atoms. The van der Waals surface area contributed by atoms with Gasteiger partial charge in [-0.15, -0.1) is 0 Å². The van der Waals surface area contributed by atoms with Crippen molar-refractivity contribution >= 4 is 17.6 Å². The first-order chi connectivity index (χ1) is 15.3. The standard InChI is InChI=1S/C23H26N4O5/c1-4-32-19-11-9-18(10-12-19)24-21-25-22(30)27(13-16(3)20(28)29)23(31)26(21)14-17-7-5-15(2)6-8-17/h5-12,16H,4,13-14H2,1-3H3,(H,28,29)(H,24,25,30)/t16-/m0/s1. The number of nitrogens with zero attached hydrogens (tertiary/aromatic N) is 3. The predicted molar refractivity (Wildman–Crippen MR) is 121 cm³/mol. The van der Waals surface area contributed by atoms with E-state index in [1.807, 2.05) is 38.1 Å². The van der Waals surface area contributed by atoms with Gasteiger partial charge in [0.05, 0.1) is 19.1 Å². The summed E-state index contributed by atoms with van der Waals surface area (Å²) in [7, 11) is 0.